The first-order chi connectivity index (χ1) is 10.5. The molecule has 0 aliphatic carbocycles. The van der Waals surface area contributed by atoms with Crippen LogP contribution in [0.2, 0.25) is 0 Å². The van der Waals surface area contributed by atoms with Gasteiger partial charge in [0.2, 0.25) is 5.76 Å². The van der Waals surface area contributed by atoms with Gasteiger partial charge in [0.15, 0.2) is 0 Å². The lowest BCUT2D eigenvalue weighted by Gasteiger charge is -2.05. The smallest absolute Gasteiger partial charge is 0.373 e. The first kappa shape index (κ1) is 15.5. The zero-order valence-electron chi connectivity index (χ0n) is 12.1. The number of furan rings is 1. The molecule has 2 rings (SSSR count). The third kappa shape index (κ3) is 3.05. The minimum absolute atomic E-state index is 0.0740. The number of nitrogens with zero attached hydrogens (tertiary/aromatic N) is 2. The lowest BCUT2D eigenvalue weighted by Crippen LogP contribution is -2.11. The molecule has 8 heteroatoms. The van der Waals surface area contributed by atoms with E-state index in [1.165, 1.54) is 23.9 Å². The third-order valence-corrected chi connectivity index (χ3v) is 3.11. The number of rotatable bonds is 5. The molecule has 0 spiro atoms. The van der Waals surface area contributed by atoms with Crippen LogP contribution in [0.5, 0.6) is 0 Å². The molecule has 0 N–H and O–H groups in total. The van der Waals surface area contributed by atoms with Gasteiger partial charge in [-0.25, -0.2) is 4.79 Å². The van der Waals surface area contributed by atoms with E-state index in [1.54, 1.807) is 0 Å². The van der Waals surface area contributed by atoms with E-state index in [-0.39, 0.29) is 12.3 Å². The van der Waals surface area contributed by atoms with Gasteiger partial charge in [-0.05, 0) is 6.07 Å². The summed E-state index contributed by atoms with van der Waals surface area (Å²) in [6.45, 7) is 2.10. The number of hydrogen-bond donors (Lipinski definition) is 0. The molecule has 0 bridgehead atoms. The second-order valence-corrected chi connectivity index (χ2v) is 4.53. The number of carbonyl (C=O) groups excluding carboxylic acids is 1. The van der Waals surface area contributed by atoms with Crippen molar-refractivity contribution in [2.24, 2.45) is 0 Å². The molecule has 0 aliphatic rings. The van der Waals surface area contributed by atoms with Crippen LogP contribution < -0.4 is 5.43 Å². The van der Waals surface area contributed by atoms with Gasteiger partial charge in [0.05, 0.1) is 24.8 Å². The fourth-order valence-electron chi connectivity index (χ4n) is 2.05. The van der Waals surface area contributed by atoms with Gasteiger partial charge >= 0.3 is 11.7 Å². The summed E-state index contributed by atoms with van der Waals surface area (Å²) in [6, 6.07) is 2.67. The maximum absolute atomic E-state index is 11.5. The Labute approximate surface area is 125 Å². The second-order valence-electron chi connectivity index (χ2n) is 4.53. The zero-order chi connectivity index (χ0) is 16.3. The lowest BCUT2D eigenvalue weighted by atomic mass is 10.2. The Morgan fingerprint density at radius 2 is 2.23 bits per heavy atom. The number of methoxy groups -OCH3 is 1. The number of aryl methyl sites for hydroxylation is 1. The Hall–Kier alpha value is -2.90. The fourth-order valence-corrected chi connectivity index (χ4v) is 2.05. The standard InChI is InChI=1S/C14H14N2O6/c1-3-12-9(6-13(22-12)14(18)21-2)7-15-5-4-11(17)10(8-15)16(19)20/h4-6,8H,3,7H2,1-2H3. The highest BCUT2D eigenvalue weighted by atomic mass is 16.6. The molecule has 0 amide bonds. The lowest BCUT2D eigenvalue weighted by molar-refractivity contribution is -0.386. The normalized spacial score (nSPS) is 10.5. The molecule has 0 saturated carbocycles. The van der Waals surface area contributed by atoms with Crippen molar-refractivity contribution in [3.8, 4) is 0 Å². The molecule has 0 atom stereocenters. The van der Waals surface area contributed by atoms with Crippen LogP contribution in [-0.2, 0) is 17.7 Å². The van der Waals surface area contributed by atoms with Crippen LogP contribution in [0.15, 0.2) is 33.7 Å². The van der Waals surface area contributed by atoms with Gasteiger partial charge in [-0.2, -0.15) is 0 Å². The molecule has 0 unspecified atom stereocenters. The van der Waals surface area contributed by atoms with E-state index < -0.39 is 22.0 Å². The van der Waals surface area contributed by atoms with Crippen LogP contribution in [0.1, 0.15) is 28.8 Å². The van der Waals surface area contributed by atoms with Crippen molar-refractivity contribution in [1.29, 1.82) is 0 Å². The molecule has 0 fully saturated rings. The minimum atomic E-state index is -0.727. The van der Waals surface area contributed by atoms with Crippen LogP contribution in [0.4, 0.5) is 5.69 Å². The number of aromatic nitrogens is 1. The number of esters is 1. The van der Waals surface area contributed by atoms with Crippen LogP contribution >= 0.6 is 0 Å². The topological polar surface area (TPSA) is 105 Å². The van der Waals surface area contributed by atoms with Crippen molar-refractivity contribution in [3.63, 3.8) is 0 Å². The maximum Gasteiger partial charge on any atom is 0.373 e. The molecular weight excluding hydrogens is 292 g/mol. The van der Waals surface area contributed by atoms with Gasteiger partial charge in [0, 0.05) is 24.2 Å². The van der Waals surface area contributed by atoms with Gasteiger partial charge in [-0.15, -0.1) is 0 Å². The van der Waals surface area contributed by atoms with Gasteiger partial charge < -0.3 is 13.7 Å². The quantitative estimate of drug-likeness (QED) is 0.473. The molecule has 2 heterocycles. The zero-order valence-corrected chi connectivity index (χ0v) is 12.1. The van der Waals surface area contributed by atoms with Crippen molar-refractivity contribution >= 4 is 11.7 Å². The third-order valence-electron chi connectivity index (χ3n) is 3.11. The van der Waals surface area contributed by atoms with Crippen LogP contribution in [0, 0.1) is 10.1 Å². The fraction of sp³-hybridized carbons (Fsp3) is 0.286. The van der Waals surface area contributed by atoms with E-state index in [2.05, 4.69) is 4.74 Å². The van der Waals surface area contributed by atoms with Gasteiger partial charge in [0.25, 0.3) is 5.43 Å². The monoisotopic (exact) mass is 306 g/mol. The summed E-state index contributed by atoms with van der Waals surface area (Å²) in [7, 11) is 1.25. The first-order valence-electron chi connectivity index (χ1n) is 6.50. The summed E-state index contributed by atoms with van der Waals surface area (Å²) in [4.78, 5) is 32.9. The predicted octanol–water partition coefficient (Wildman–Crippen LogP) is 1.75. The first-order valence-corrected chi connectivity index (χ1v) is 6.50. The number of pyridine rings is 1. The summed E-state index contributed by atoms with van der Waals surface area (Å²) in [5.41, 5.74) is -0.461. The van der Waals surface area contributed by atoms with Crippen molar-refractivity contribution in [3.05, 3.63) is 61.9 Å². The Balaban J connectivity index is 2.36. The summed E-state index contributed by atoms with van der Waals surface area (Å²) < 4.78 is 11.5. The van der Waals surface area contributed by atoms with E-state index in [0.29, 0.717) is 17.7 Å². The van der Waals surface area contributed by atoms with Crippen molar-refractivity contribution in [2.75, 3.05) is 7.11 Å². The summed E-state index contributed by atoms with van der Waals surface area (Å²) >= 11 is 0. The van der Waals surface area contributed by atoms with Crippen LogP contribution in [0.3, 0.4) is 0 Å². The van der Waals surface area contributed by atoms with Crippen LogP contribution in [-0.4, -0.2) is 22.6 Å². The summed E-state index contributed by atoms with van der Waals surface area (Å²) in [5.74, 6) is 0.0680. The maximum atomic E-state index is 11.5. The molecule has 2 aromatic heterocycles. The average Bonchev–Trinajstić information content (AvgIpc) is 2.91. The van der Waals surface area contributed by atoms with E-state index in [0.717, 1.165) is 12.3 Å². The van der Waals surface area contributed by atoms with Crippen molar-refractivity contribution in [1.82, 2.24) is 4.57 Å². The minimum Gasteiger partial charge on any atom is -0.463 e. The highest BCUT2D eigenvalue weighted by Crippen LogP contribution is 2.19. The molecule has 0 saturated heterocycles. The Morgan fingerprint density at radius 3 is 2.82 bits per heavy atom. The molecule has 8 nitrogen and oxygen atoms in total. The van der Waals surface area contributed by atoms with Crippen LogP contribution in [0.25, 0.3) is 0 Å². The molecule has 2 aromatic rings. The van der Waals surface area contributed by atoms with E-state index >= 15 is 0 Å². The molecule has 0 radical (unpaired) electrons. The number of carbonyl (C=O) groups is 1. The van der Waals surface area contributed by atoms with Gasteiger partial charge in [-0.3, -0.25) is 14.9 Å². The molecule has 0 aromatic carbocycles. The number of ether oxygens (including phenoxy) is 1. The number of hydrogen-bond acceptors (Lipinski definition) is 6. The van der Waals surface area contributed by atoms with E-state index in [1.807, 2.05) is 6.92 Å². The average molecular weight is 306 g/mol. The molecule has 22 heavy (non-hydrogen) atoms. The highest BCUT2D eigenvalue weighted by molar-refractivity contribution is 5.86. The van der Waals surface area contributed by atoms with Gasteiger partial charge in [0.1, 0.15) is 5.76 Å². The predicted molar refractivity (Wildman–Crippen MR) is 75.9 cm³/mol. The van der Waals surface area contributed by atoms with Crippen molar-refractivity contribution < 1.29 is 18.9 Å². The van der Waals surface area contributed by atoms with Gasteiger partial charge in [-0.1, -0.05) is 6.92 Å². The second kappa shape index (κ2) is 6.25. The van der Waals surface area contributed by atoms with E-state index in [4.69, 9.17) is 4.42 Å². The largest absolute Gasteiger partial charge is 0.463 e. The molecule has 0 aliphatic heterocycles. The molecular formula is C14H14N2O6. The SMILES string of the molecule is CCc1oc(C(=O)OC)cc1Cn1ccc(=O)c([N+](=O)[O-])c1. The highest BCUT2D eigenvalue weighted by Gasteiger charge is 2.17. The Bertz CT molecular complexity index is 774. The summed E-state index contributed by atoms with van der Waals surface area (Å²) in [6.07, 6.45) is 3.15. The Kier molecular flexibility index (Phi) is 4.40. The number of nitro groups is 1. The summed E-state index contributed by atoms with van der Waals surface area (Å²) in [5, 5.41) is 10.8. The molecule has 116 valence electrons. The van der Waals surface area contributed by atoms with Crippen molar-refractivity contribution in [2.45, 2.75) is 19.9 Å². The Morgan fingerprint density at radius 1 is 1.50 bits per heavy atom. The van der Waals surface area contributed by atoms with E-state index in [9.17, 15) is 19.7 Å².